The van der Waals surface area contributed by atoms with Crippen molar-refractivity contribution in [2.45, 2.75) is 0 Å². The number of hydrogen-bond acceptors (Lipinski definition) is 5. The Kier molecular flexibility index (Phi) is 5.57. The van der Waals surface area contributed by atoms with E-state index in [9.17, 15) is 16.8 Å². The molecule has 0 rings (SSSR count). The molecule has 0 aliphatic carbocycles. The van der Waals surface area contributed by atoms with Gasteiger partial charge in [-0.3, -0.25) is 0 Å². The molecule has 0 radical (unpaired) electrons. The first-order valence-electron chi connectivity index (χ1n) is 4.04. The van der Waals surface area contributed by atoms with Gasteiger partial charge in [0, 0.05) is 25.9 Å². The smallest absolute Gasteiger partial charge is 0.208 e. The SMILES string of the molecule is CS(=O)(=O)CCNCCNS(C)(=O)=O. The van der Waals surface area contributed by atoms with Gasteiger partial charge in [-0.25, -0.2) is 21.6 Å². The van der Waals surface area contributed by atoms with E-state index in [-0.39, 0.29) is 12.3 Å². The predicted octanol–water partition coefficient (Wildman–Crippen LogP) is -1.83. The number of nitrogens with one attached hydrogen (secondary N) is 2. The third-order valence-corrected chi connectivity index (χ3v) is 2.99. The van der Waals surface area contributed by atoms with Crippen LogP contribution in [0.5, 0.6) is 0 Å². The molecule has 0 fully saturated rings. The molecule has 8 heteroatoms. The minimum atomic E-state index is -3.15. The topological polar surface area (TPSA) is 92.3 Å². The molecule has 0 aromatic heterocycles. The number of rotatable bonds is 7. The molecule has 2 N–H and O–H groups in total. The number of hydrogen-bond donors (Lipinski definition) is 2. The lowest BCUT2D eigenvalue weighted by Gasteiger charge is -2.03. The number of sulfonamides is 1. The van der Waals surface area contributed by atoms with E-state index < -0.39 is 19.9 Å². The fraction of sp³-hybridized carbons (Fsp3) is 1.00. The van der Waals surface area contributed by atoms with Crippen LogP contribution in [0.15, 0.2) is 0 Å². The van der Waals surface area contributed by atoms with Gasteiger partial charge in [0.15, 0.2) is 0 Å². The molecular formula is C6H16N2O4S2. The molecule has 0 aromatic rings. The lowest BCUT2D eigenvalue weighted by atomic mass is 10.6. The first kappa shape index (κ1) is 13.8. The molecule has 86 valence electrons. The predicted molar refractivity (Wildman–Crippen MR) is 55.4 cm³/mol. The summed E-state index contributed by atoms with van der Waals surface area (Å²) in [6, 6.07) is 0. The zero-order valence-corrected chi connectivity index (χ0v) is 9.91. The Labute approximate surface area is 85.0 Å². The van der Waals surface area contributed by atoms with Crippen molar-refractivity contribution in [2.24, 2.45) is 0 Å². The summed E-state index contributed by atoms with van der Waals surface area (Å²) in [5.74, 6) is 0.0614. The largest absolute Gasteiger partial charge is 0.314 e. The minimum absolute atomic E-state index is 0.0614. The van der Waals surface area contributed by atoms with Crippen LogP contribution in [-0.4, -0.2) is 54.7 Å². The molecule has 0 bridgehead atoms. The van der Waals surface area contributed by atoms with Crippen LogP contribution in [-0.2, 0) is 19.9 Å². The maximum atomic E-state index is 10.7. The van der Waals surface area contributed by atoms with Crippen molar-refractivity contribution in [2.75, 3.05) is 37.9 Å². The van der Waals surface area contributed by atoms with Crippen molar-refractivity contribution in [3.05, 3.63) is 0 Å². The van der Waals surface area contributed by atoms with Crippen LogP contribution in [0, 0.1) is 0 Å². The second-order valence-electron chi connectivity index (χ2n) is 3.05. The van der Waals surface area contributed by atoms with Crippen LogP contribution in [0.3, 0.4) is 0 Å². The summed E-state index contributed by atoms with van der Waals surface area (Å²) < 4.78 is 44.8. The standard InChI is InChI=1S/C6H16N2O4S2/c1-13(9,10)6-5-7-3-4-8-14(2,11)12/h7-8H,3-6H2,1-2H3. The van der Waals surface area contributed by atoms with E-state index in [0.717, 1.165) is 12.5 Å². The second-order valence-corrected chi connectivity index (χ2v) is 7.14. The molecule has 0 spiro atoms. The monoisotopic (exact) mass is 244 g/mol. The third kappa shape index (κ3) is 11.8. The van der Waals surface area contributed by atoms with E-state index in [1.807, 2.05) is 0 Å². The molecule has 0 amide bonds. The summed E-state index contributed by atoms with van der Waals surface area (Å²) in [6.07, 6.45) is 2.23. The highest BCUT2D eigenvalue weighted by Crippen LogP contribution is 1.79. The highest BCUT2D eigenvalue weighted by Gasteiger charge is 2.01. The Morgan fingerprint density at radius 1 is 0.929 bits per heavy atom. The minimum Gasteiger partial charge on any atom is -0.314 e. The van der Waals surface area contributed by atoms with E-state index >= 15 is 0 Å². The van der Waals surface area contributed by atoms with E-state index in [1.165, 1.54) is 0 Å². The Hall–Kier alpha value is -0.180. The average Bonchev–Trinajstić information content (AvgIpc) is 1.92. The lowest BCUT2D eigenvalue weighted by molar-refractivity contribution is 0.580. The van der Waals surface area contributed by atoms with Gasteiger partial charge in [-0.15, -0.1) is 0 Å². The van der Waals surface area contributed by atoms with Crippen LogP contribution in [0.4, 0.5) is 0 Å². The van der Waals surface area contributed by atoms with Gasteiger partial charge in [0.25, 0.3) is 0 Å². The molecule has 0 saturated carbocycles. The van der Waals surface area contributed by atoms with E-state index in [4.69, 9.17) is 0 Å². The molecule has 0 aromatic carbocycles. The fourth-order valence-electron chi connectivity index (χ4n) is 0.707. The van der Waals surface area contributed by atoms with E-state index in [2.05, 4.69) is 10.0 Å². The molecule has 14 heavy (non-hydrogen) atoms. The first-order valence-corrected chi connectivity index (χ1v) is 7.99. The quantitative estimate of drug-likeness (QED) is 0.514. The van der Waals surface area contributed by atoms with Crippen LogP contribution < -0.4 is 10.0 Å². The van der Waals surface area contributed by atoms with Crippen molar-refractivity contribution in [1.82, 2.24) is 10.0 Å². The molecule has 0 heterocycles. The summed E-state index contributed by atoms with van der Waals surface area (Å²) in [5.41, 5.74) is 0. The summed E-state index contributed by atoms with van der Waals surface area (Å²) >= 11 is 0. The van der Waals surface area contributed by atoms with Crippen molar-refractivity contribution < 1.29 is 16.8 Å². The van der Waals surface area contributed by atoms with Crippen molar-refractivity contribution >= 4 is 19.9 Å². The van der Waals surface area contributed by atoms with Gasteiger partial charge in [-0.05, 0) is 0 Å². The Balaban J connectivity index is 3.41. The van der Waals surface area contributed by atoms with Crippen LogP contribution in [0.1, 0.15) is 0 Å². The molecular weight excluding hydrogens is 228 g/mol. The maximum Gasteiger partial charge on any atom is 0.208 e. The van der Waals surface area contributed by atoms with Gasteiger partial charge in [-0.1, -0.05) is 0 Å². The molecule has 0 atom stereocenters. The Morgan fingerprint density at radius 2 is 1.50 bits per heavy atom. The van der Waals surface area contributed by atoms with E-state index in [1.54, 1.807) is 0 Å². The zero-order valence-electron chi connectivity index (χ0n) is 8.28. The van der Waals surface area contributed by atoms with Crippen LogP contribution in [0.25, 0.3) is 0 Å². The maximum absolute atomic E-state index is 10.7. The highest BCUT2D eigenvalue weighted by molar-refractivity contribution is 7.90. The van der Waals surface area contributed by atoms with Crippen LogP contribution in [0.2, 0.25) is 0 Å². The molecule has 0 saturated heterocycles. The third-order valence-electron chi connectivity index (χ3n) is 1.32. The highest BCUT2D eigenvalue weighted by atomic mass is 32.2. The number of sulfone groups is 1. The van der Waals surface area contributed by atoms with E-state index in [0.29, 0.717) is 13.1 Å². The first-order chi connectivity index (χ1) is 6.21. The van der Waals surface area contributed by atoms with Gasteiger partial charge in [-0.2, -0.15) is 0 Å². The van der Waals surface area contributed by atoms with Crippen molar-refractivity contribution in [1.29, 1.82) is 0 Å². The van der Waals surface area contributed by atoms with Gasteiger partial charge >= 0.3 is 0 Å². The summed E-state index contributed by atoms with van der Waals surface area (Å²) in [6.45, 7) is 1.02. The normalized spacial score (nSPS) is 13.0. The fourth-order valence-corrected chi connectivity index (χ4v) is 1.70. The van der Waals surface area contributed by atoms with Crippen LogP contribution >= 0.6 is 0 Å². The average molecular weight is 244 g/mol. The van der Waals surface area contributed by atoms with Crippen molar-refractivity contribution in [3.8, 4) is 0 Å². The molecule has 6 nitrogen and oxygen atoms in total. The summed E-state index contributed by atoms with van der Waals surface area (Å²) in [4.78, 5) is 0. The zero-order chi connectivity index (χ0) is 11.2. The second kappa shape index (κ2) is 5.64. The summed E-state index contributed by atoms with van der Waals surface area (Å²) in [7, 11) is -6.09. The lowest BCUT2D eigenvalue weighted by Crippen LogP contribution is -2.33. The Morgan fingerprint density at radius 3 is 1.93 bits per heavy atom. The molecule has 0 aliphatic rings. The van der Waals surface area contributed by atoms with Gasteiger partial charge in [0.1, 0.15) is 9.84 Å². The summed E-state index contributed by atoms with van der Waals surface area (Å²) in [5, 5.41) is 2.81. The van der Waals surface area contributed by atoms with Gasteiger partial charge < -0.3 is 5.32 Å². The van der Waals surface area contributed by atoms with Gasteiger partial charge in [0.2, 0.25) is 10.0 Å². The van der Waals surface area contributed by atoms with Crippen molar-refractivity contribution in [3.63, 3.8) is 0 Å². The molecule has 0 aliphatic heterocycles. The Bertz CT molecular complexity index is 310. The molecule has 0 unspecified atom stereocenters. The van der Waals surface area contributed by atoms with Gasteiger partial charge in [0.05, 0.1) is 12.0 Å².